The zero-order valence-corrected chi connectivity index (χ0v) is 19.6. The van der Waals surface area contributed by atoms with Crippen LogP contribution in [0.5, 0.6) is 0 Å². The fourth-order valence-electron chi connectivity index (χ4n) is 5.34. The van der Waals surface area contributed by atoms with Crippen LogP contribution in [0.25, 0.3) is 0 Å². The van der Waals surface area contributed by atoms with Crippen LogP contribution in [0.2, 0.25) is 0 Å². The SMILES string of the molecule is CC(C)OC(=O)[C@@]1(C2CCN(CCC3CCNCC3)CC2)NCCN(CCC(=O)O)C1=O. The summed E-state index contributed by atoms with van der Waals surface area (Å²) in [4.78, 5) is 41.8. The lowest BCUT2D eigenvalue weighted by Crippen LogP contribution is -2.73. The predicted molar refractivity (Wildman–Crippen MR) is 120 cm³/mol. The molecule has 9 heteroatoms. The summed E-state index contributed by atoms with van der Waals surface area (Å²) in [5.41, 5.74) is -1.41. The molecule has 0 bridgehead atoms. The number of ether oxygens (including phenoxy) is 1. The third kappa shape index (κ3) is 5.99. The summed E-state index contributed by atoms with van der Waals surface area (Å²) in [5, 5.41) is 15.7. The van der Waals surface area contributed by atoms with E-state index in [9.17, 15) is 14.4 Å². The molecular formula is C23H40N4O5. The molecule has 3 N–H and O–H groups in total. The Morgan fingerprint density at radius 2 is 1.78 bits per heavy atom. The van der Waals surface area contributed by atoms with Crippen molar-refractivity contribution in [2.75, 3.05) is 52.4 Å². The molecule has 0 aromatic rings. The minimum atomic E-state index is -1.41. The number of hydrogen-bond donors (Lipinski definition) is 3. The molecule has 3 saturated heterocycles. The van der Waals surface area contributed by atoms with E-state index in [1.165, 1.54) is 24.2 Å². The number of carboxylic acid groups (broad SMARTS) is 1. The van der Waals surface area contributed by atoms with E-state index in [1.807, 2.05) is 0 Å². The number of piperazine rings is 1. The molecule has 3 aliphatic heterocycles. The van der Waals surface area contributed by atoms with Gasteiger partial charge < -0.3 is 25.0 Å². The van der Waals surface area contributed by atoms with Crippen molar-refractivity contribution in [1.82, 2.24) is 20.4 Å². The quantitative estimate of drug-likeness (QED) is 0.346. The van der Waals surface area contributed by atoms with Gasteiger partial charge in [0.2, 0.25) is 0 Å². The molecule has 9 nitrogen and oxygen atoms in total. The average molecular weight is 453 g/mol. The van der Waals surface area contributed by atoms with Crippen molar-refractivity contribution in [3.63, 3.8) is 0 Å². The minimum absolute atomic E-state index is 0.113. The summed E-state index contributed by atoms with van der Waals surface area (Å²) in [6, 6.07) is 0. The van der Waals surface area contributed by atoms with Crippen LogP contribution in [-0.2, 0) is 19.1 Å². The fourth-order valence-corrected chi connectivity index (χ4v) is 5.34. The summed E-state index contributed by atoms with van der Waals surface area (Å²) in [5.74, 6) is -1.18. The maximum absolute atomic E-state index is 13.5. The first-order valence-electron chi connectivity index (χ1n) is 12.2. The van der Waals surface area contributed by atoms with Gasteiger partial charge in [-0.2, -0.15) is 0 Å². The van der Waals surface area contributed by atoms with Crippen molar-refractivity contribution in [2.45, 2.75) is 64.0 Å². The van der Waals surface area contributed by atoms with Crippen molar-refractivity contribution < 1.29 is 24.2 Å². The molecule has 0 aliphatic carbocycles. The number of aliphatic carboxylic acids is 1. The molecule has 1 atom stereocenters. The number of carbonyl (C=O) groups is 3. The summed E-state index contributed by atoms with van der Waals surface area (Å²) in [6.45, 7) is 9.53. The van der Waals surface area contributed by atoms with Gasteiger partial charge in [-0.25, -0.2) is 4.79 Å². The van der Waals surface area contributed by atoms with Gasteiger partial charge in [0.1, 0.15) is 0 Å². The van der Waals surface area contributed by atoms with E-state index in [0.29, 0.717) is 13.1 Å². The van der Waals surface area contributed by atoms with Gasteiger partial charge in [-0.15, -0.1) is 0 Å². The zero-order valence-electron chi connectivity index (χ0n) is 19.6. The first-order valence-corrected chi connectivity index (χ1v) is 12.2. The van der Waals surface area contributed by atoms with Crippen LogP contribution in [0.1, 0.15) is 52.4 Å². The normalized spacial score (nSPS) is 26.5. The number of hydrogen-bond acceptors (Lipinski definition) is 7. The second kappa shape index (κ2) is 11.4. The monoisotopic (exact) mass is 452 g/mol. The summed E-state index contributed by atoms with van der Waals surface area (Å²) < 4.78 is 5.56. The molecule has 1 amide bonds. The van der Waals surface area contributed by atoms with Crippen LogP contribution in [0, 0.1) is 11.8 Å². The highest BCUT2D eigenvalue weighted by Gasteiger charge is 2.57. The van der Waals surface area contributed by atoms with Crippen LogP contribution in [0.4, 0.5) is 0 Å². The highest BCUT2D eigenvalue weighted by molar-refractivity contribution is 6.08. The standard InChI is InChI=1S/C23H40N4O5/c1-17(2)32-22(31)23(21(30)27(16-11-25-23)15-8-20(28)29)19-6-13-26(14-7-19)12-5-18-3-9-24-10-4-18/h17-19,24-25H,3-16H2,1-2H3,(H,28,29)/t23-/m0/s1. The van der Waals surface area contributed by atoms with E-state index in [0.717, 1.165) is 51.5 Å². The van der Waals surface area contributed by atoms with Crippen LogP contribution in [-0.4, -0.2) is 96.8 Å². The zero-order chi connectivity index (χ0) is 23.1. The lowest BCUT2D eigenvalue weighted by molar-refractivity contribution is -0.170. The van der Waals surface area contributed by atoms with Crippen molar-refractivity contribution in [3.05, 3.63) is 0 Å². The van der Waals surface area contributed by atoms with Crippen molar-refractivity contribution >= 4 is 17.8 Å². The van der Waals surface area contributed by atoms with Gasteiger partial charge in [0.25, 0.3) is 5.91 Å². The molecule has 0 aromatic heterocycles. The molecule has 3 heterocycles. The van der Waals surface area contributed by atoms with Gasteiger partial charge in [0.15, 0.2) is 5.54 Å². The summed E-state index contributed by atoms with van der Waals surface area (Å²) in [6.07, 6.45) is 4.71. The maximum atomic E-state index is 13.5. The van der Waals surface area contributed by atoms with Crippen molar-refractivity contribution in [2.24, 2.45) is 11.8 Å². The molecule has 3 aliphatic rings. The number of piperidine rings is 2. The number of carboxylic acids is 1. The Balaban J connectivity index is 1.66. The predicted octanol–water partition coefficient (Wildman–Crippen LogP) is 0.685. The summed E-state index contributed by atoms with van der Waals surface area (Å²) in [7, 11) is 0. The van der Waals surface area contributed by atoms with E-state index in [2.05, 4.69) is 15.5 Å². The number of amides is 1. The van der Waals surface area contributed by atoms with Crippen LogP contribution >= 0.6 is 0 Å². The highest BCUT2D eigenvalue weighted by Crippen LogP contribution is 2.34. The fraction of sp³-hybridized carbons (Fsp3) is 0.870. The van der Waals surface area contributed by atoms with E-state index in [1.54, 1.807) is 13.8 Å². The number of rotatable bonds is 9. The number of nitrogens with one attached hydrogen (secondary N) is 2. The second-order valence-corrected chi connectivity index (χ2v) is 9.72. The Labute approximate surface area is 191 Å². The molecule has 32 heavy (non-hydrogen) atoms. The molecule has 0 spiro atoms. The van der Waals surface area contributed by atoms with E-state index in [4.69, 9.17) is 9.84 Å². The van der Waals surface area contributed by atoms with E-state index >= 15 is 0 Å². The van der Waals surface area contributed by atoms with Crippen LogP contribution in [0.15, 0.2) is 0 Å². The third-order valence-corrected chi connectivity index (χ3v) is 7.18. The molecule has 3 fully saturated rings. The van der Waals surface area contributed by atoms with Gasteiger partial charge in [-0.3, -0.25) is 14.9 Å². The summed E-state index contributed by atoms with van der Waals surface area (Å²) >= 11 is 0. The maximum Gasteiger partial charge on any atom is 0.336 e. The molecule has 0 aromatic carbocycles. The van der Waals surface area contributed by atoms with Gasteiger partial charge in [0, 0.05) is 19.6 Å². The lowest BCUT2D eigenvalue weighted by atomic mass is 9.75. The number of likely N-dealkylation sites (tertiary alicyclic amines) is 1. The van der Waals surface area contributed by atoms with Crippen LogP contribution < -0.4 is 10.6 Å². The Morgan fingerprint density at radius 3 is 2.41 bits per heavy atom. The Bertz CT molecular complexity index is 659. The van der Waals surface area contributed by atoms with Gasteiger partial charge in [-0.05, 0) is 90.5 Å². The molecule has 0 radical (unpaired) electrons. The molecule has 0 unspecified atom stereocenters. The second-order valence-electron chi connectivity index (χ2n) is 9.72. The van der Waals surface area contributed by atoms with E-state index < -0.39 is 17.5 Å². The third-order valence-electron chi connectivity index (χ3n) is 7.18. The largest absolute Gasteiger partial charge is 0.481 e. The molecular weight excluding hydrogens is 412 g/mol. The first-order chi connectivity index (χ1) is 15.3. The average Bonchev–Trinajstić information content (AvgIpc) is 2.77. The lowest BCUT2D eigenvalue weighted by Gasteiger charge is -2.47. The Kier molecular flexibility index (Phi) is 8.90. The van der Waals surface area contributed by atoms with Gasteiger partial charge in [-0.1, -0.05) is 0 Å². The van der Waals surface area contributed by atoms with Gasteiger partial charge >= 0.3 is 11.9 Å². The number of nitrogens with zero attached hydrogens (tertiary/aromatic N) is 2. The van der Waals surface area contributed by atoms with Crippen molar-refractivity contribution in [1.29, 1.82) is 0 Å². The van der Waals surface area contributed by atoms with Crippen molar-refractivity contribution in [3.8, 4) is 0 Å². The Morgan fingerprint density at radius 1 is 1.09 bits per heavy atom. The molecule has 3 rings (SSSR count). The minimum Gasteiger partial charge on any atom is -0.481 e. The molecule has 0 saturated carbocycles. The van der Waals surface area contributed by atoms with E-state index in [-0.39, 0.29) is 30.9 Å². The topological polar surface area (TPSA) is 111 Å². The molecule has 182 valence electrons. The Hall–Kier alpha value is -1.71. The number of esters is 1. The smallest absolute Gasteiger partial charge is 0.336 e. The first kappa shape index (κ1) is 24.9. The van der Waals surface area contributed by atoms with Crippen LogP contribution in [0.3, 0.4) is 0 Å². The van der Waals surface area contributed by atoms with Gasteiger partial charge in [0.05, 0.1) is 12.5 Å². The number of carbonyl (C=O) groups excluding carboxylic acids is 2. The highest BCUT2D eigenvalue weighted by atomic mass is 16.5.